The van der Waals surface area contributed by atoms with Gasteiger partial charge in [0.15, 0.2) is 0 Å². The Labute approximate surface area is 137 Å². The van der Waals surface area contributed by atoms with Crippen LogP contribution in [-0.4, -0.2) is 35.6 Å². The smallest absolute Gasteiger partial charge is 0.320 e. The molecule has 22 heavy (non-hydrogen) atoms. The van der Waals surface area contributed by atoms with E-state index < -0.39 is 18.1 Å². The van der Waals surface area contributed by atoms with Crippen LogP contribution >= 0.6 is 12.4 Å². The SMILES string of the molecule is CCCC(NC(C)C(=O)N1CCc2ccccc21)C(=O)O.Cl. The molecule has 6 heteroatoms. The lowest BCUT2D eigenvalue weighted by atomic mass is 10.1. The number of benzene rings is 1. The van der Waals surface area contributed by atoms with E-state index in [-0.39, 0.29) is 18.3 Å². The van der Waals surface area contributed by atoms with E-state index in [1.807, 2.05) is 31.2 Å². The summed E-state index contributed by atoms with van der Waals surface area (Å²) in [5.41, 5.74) is 2.11. The van der Waals surface area contributed by atoms with Gasteiger partial charge < -0.3 is 10.0 Å². The van der Waals surface area contributed by atoms with Gasteiger partial charge in [-0.3, -0.25) is 14.9 Å². The number of carbonyl (C=O) groups excluding carboxylic acids is 1. The summed E-state index contributed by atoms with van der Waals surface area (Å²) in [4.78, 5) is 25.5. The van der Waals surface area contributed by atoms with Crippen molar-refractivity contribution < 1.29 is 14.7 Å². The summed E-state index contributed by atoms with van der Waals surface area (Å²) in [6, 6.07) is 6.66. The molecule has 1 aromatic carbocycles. The van der Waals surface area contributed by atoms with Gasteiger partial charge in [0.2, 0.25) is 5.91 Å². The number of amides is 1. The van der Waals surface area contributed by atoms with Gasteiger partial charge in [0.05, 0.1) is 6.04 Å². The Morgan fingerprint density at radius 2 is 2.05 bits per heavy atom. The Morgan fingerprint density at radius 1 is 1.36 bits per heavy atom. The topological polar surface area (TPSA) is 69.6 Å². The summed E-state index contributed by atoms with van der Waals surface area (Å²) in [6.45, 7) is 4.32. The van der Waals surface area contributed by atoms with Gasteiger partial charge in [0.1, 0.15) is 6.04 Å². The van der Waals surface area contributed by atoms with Crippen molar-refractivity contribution in [3.05, 3.63) is 29.8 Å². The molecule has 5 nitrogen and oxygen atoms in total. The summed E-state index contributed by atoms with van der Waals surface area (Å²) < 4.78 is 0. The number of carbonyl (C=O) groups is 2. The normalized spacial score (nSPS) is 15.6. The van der Waals surface area contributed by atoms with E-state index in [0.29, 0.717) is 13.0 Å². The monoisotopic (exact) mass is 326 g/mol. The molecule has 1 amide bonds. The van der Waals surface area contributed by atoms with E-state index in [1.165, 1.54) is 5.56 Å². The van der Waals surface area contributed by atoms with Crippen LogP contribution in [0.2, 0.25) is 0 Å². The molecule has 0 saturated carbocycles. The molecule has 0 saturated heterocycles. The van der Waals surface area contributed by atoms with Crippen LogP contribution in [0.4, 0.5) is 5.69 Å². The molecular weight excluding hydrogens is 304 g/mol. The average Bonchev–Trinajstić information content (AvgIpc) is 2.89. The number of carboxylic acid groups (broad SMARTS) is 1. The number of anilines is 1. The number of aliphatic carboxylic acids is 1. The number of rotatable bonds is 6. The number of nitrogens with one attached hydrogen (secondary N) is 1. The van der Waals surface area contributed by atoms with E-state index in [2.05, 4.69) is 5.32 Å². The van der Waals surface area contributed by atoms with E-state index in [0.717, 1.165) is 18.5 Å². The first-order valence-corrected chi connectivity index (χ1v) is 7.42. The summed E-state index contributed by atoms with van der Waals surface area (Å²) in [5, 5.41) is 12.1. The fourth-order valence-corrected chi connectivity index (χ4v) is 2.74. The summed E-state index contributed by atoms with van der Waals surface area (Å²) in [6.07, 6.45) is 2.13. The highest BCUT2D eigenvalue weighted by Gasteiger charge is 2.29. The number of hydrogen-bond donors (Lipinski definition) is 2. The molecule has 0 spiro atoms. The van der Waals surface area contributed by atoms with Gasteiger partial charge in [-0.1, -0.05) is 31.5 Å². The fourth-order valence-electron chi connectivity index (χ4n) is 2.74. The number of halogens is 1. The molecule has 1 heterocycles. The zero-order valence-electron chi connectivity index (χ0n) is 12.9. The Kier molecular flexibility index (Phi) is 6.84. The van der Waals surface area contributed by atoms with E-state index >= 15 is 0 Å². The number of fused-ring (bicyclic) bond motifs is 1. The molecule has 0 bridgehead atoms. The minimum absolute atomic E-state index is 0. The minimum Gasteiger partial charge on any atom is -0.480 e. The van der Waals surface area contributed by atoms with Gasteiger partial charge in [0.25, 0.3) is 0 Å². The van der Waals surface area contributed by atoms with Crippen molar-refractivity contribution in [3.8, 4) is 0 Å². The summed E-state index contributed by atoms with van der Waals surface area (Å²) in [5.74, 6) is -0.972. The standard InChI is InChI=1S/C16H22N2O3.ClH/c1-3-6-13(16(20)21)17-11(2)15(19)18-10-9-12-7-4-5-8-14(12)18;/h4-5,7-8,11,13,17H,3,6,9-10H2,1-2H3,(H,20,21);1H. The number of nitrogens with zero attached hydrogens (tertiary/aromatic N) is 1. The molecule has 2 unspecified atom stereocenters. The largest absolute Gasteiger partial charge is 0.480 e. The maximum Gasteiger partial charge on any atom is 0.320 e. The lowest BCUT2D eigenvalue weighted by molar-refractivity contribution is -0.140. The predicted octanol–water partition coefficient (Wildman–Crippen LogP) is 2.23. The van der Waals surface area contributed by atoms with Crippen molar-refractivity contribution in [2.75, 3.05) is 11.4 Å². The second-order valence-electron chi connectivity index (χ2n) is 5.44. The van der Waals surface area contributed by atoms with E-state index in [4.69, 9.17) is 0 Å². The first kappa shape index (κ1) is 18.5. The minimum atomic E-state index is -0.904. The Morgan fingerprint density at radius 3 is 2.68 bits per heavy atom. The van der Waals surface area contributed by atoms with Crippen molar-refractivity contribution in [2.24, 2.45) is 0 Å². The number of carboxylic acids is 1. The van der Waals surface area contributed by atoms with Gasteiger partial charge >= 0.3 is 5.97 Å². The highest BCUT2D eigenvalue weighted by atomic mass is 35.5. The lowest BCUT2D eigenvalue weighted by Crippen LogP contribution is -2.50. The van der Waals surface area contributed by atoms with E-state index in [1.54, 1.807) is 11.8 Å². The van der Waals surface area contributed by atoms with Crippen molar-refractivity contribution in [2.45, 2.75) is 45.2 Å². The second kappa shape index (κ2) is 8.15. The fraction of sp³-hybridized carbons (Fsp3) is 0.500. The molecule has 1 aliphatic rings. The third-order valence-corrected chi connectivity index (χ3v) is 3.85. The molecule has 1 aromatic rings. The van der Waals surface area contributed by atoms with Crippen LogP contribution < -0.4 is 10.2 Å². The van der Waals surface area contributed by atoms with Gasteiger partial charge in [-0.05, 0) is 31.4 Å². The Hall–Kier alpha value is -1.59. The van der Waals surface area contributed by atoms with Crippen LogP contribution in [0.1, 0.15) is 32.3 Å². The zero-order valence-corrected chi connectivity index (χ0v) is 13.7. The van der Waals surface area contributed by atoms with Crippen molar-refractivity contribution in [3.63, 3.8) is 0 Å². The third-order valence-electron chi connectivity index (χ3n) is 3.85. The zero-order chi connectivity index (χ0) is 15.4. The highest BCUT2D eigenvalue weighted by molar-refractivity contribution is 5.99. The molecule has 0 aromatic heterocycles. The van der Waals surface area contributed by atoms with Gasteiger partial charge in [-0.2, -0.15) is 0 Å². The van der Waals surface area contributed by atoms with Crippen molar-refractivity contribution >= 4 is 30.0 Å². The second-order valence-corrected chi connectivity index (χ2v) is 5.44. The maximum absolute atomic E-state index is 12.5. The molecule has 0 fully saturated rings. The highest BCUT2D eigenvalue weighted by Crippen LogP contribution is 2.27. The Balaban J connectivity index is 0.00000242. The van der Waals surface area contributed by atoms with Gasteiger partial charge in [-0.25, -0.2) is 0 Å². The van der Waals surface area contributed by atoms with Crippen LogP contribution in [0, 0.1) is 0 Å². The van der Waals surface area contributed by atoms with Crippen LogP contribution in [0.25, 0.3) is 0 Å². The van der Waals surface area contributed by atoms with Crippen molar-refractivity contribution in [1.29, 1.82) is 0 Å². The van der Waals surface area contributed by atoms with Gasteiger partial charge in [-0.15, -0.1) is 12.4 Å². The quantitative estimate of drug-likeness (QED) is 0.841. The Bertz CT molecular complexity index is 536. The van der Waals surface area contributed by atoms with Crippen LogP contribution in [-0.2, 0) is 16.0 Å². The number of hydrogen-bond acceptors (Lipinski definition) is 3. The van der Waals surface area contributed by atoms with Crippen LogP contribution in [0.3, 0.4) is 0 Å². The third kappa shape index (κ3) is 3.99. The molecule has 2 rings (SSSR count). The molecule has 0 aliphatic carbocycles. The first-order valence-electron chi connectivity index (χ1n) is 7.42. The first-order chi connectivity index (χ1) is 10.0. The van der Waals surface area contributed by atoms with Crippen molar-refractivity contribution in [1.82, 2.24) is 5.32 Å². The molecular formula is C16H23ClN2O3. The summed E-state index contributed by atoms with van der Waals surface area (Å²) in [7, 11) is 0. The average molecular weight is 327 g/mol. The predicted molar refractivity (Wildman–Crippen MR) is 88.7 cm³/mol. The molecule has 2 N–H and O–H groups in total. The molecule has 122 valence electrons. The molecule has 0 radical (unpaired) electrons. The summed E-state index contributed by atoms with van der Waals surface area (Å²) >= 11 is 0. The molecule has 2 atom stereocenters. The van der Waals surface area contributed by atoms with E-state index in [9.17, 15) is 14.7 Å². The van der Waals surface area contributed by atoms with Gasteiger partial charge in [0, 0.05) is 12.2 Å². The van der Waals surface area contributed by atoms with Crippen LogP contribution in [0.15, 0.2) is 24.3 Å². The number of para-hydroxylation sites is 1. The molecule has 1 aliphatic heterocycles. The van der Waals surface area contributed by atoms with Crippen LogP contribution in [0.5, 0.6) is 0 Å². The lowest BCUT2D eigenvalue weighted by Gasteiger charge is -2.24. The maximum atomic E-state index is 12.5.